The van der Waals surface area contributed by atoms with Gasteiger partial charge in [0.25, 0.3) is 0 Å². The number of carbonyl (C=O) groups excluding carboxylic acids is 1. The molecular formula is C21H29ClNO6P. The van der Waals surface area contributed by atoms with Crippen LogP contribution in [0.15, 0.2) is 48.8 Å². The van der Waals surface area contributed by atoms with Gasteiger partial charge in [0.15, 0.2) is 0 Å². The largest absolute Gasteiger partial charge is 0.449 e. The lowest BCUT2D eigenvalue weighted by molar-refractivity contribution is 0.0954. The number of amides is 1. The molecule has 0 fully saturated rings. The third-order valence-electron chi connectivity index (χ3n) is 4.28. The molecule has 0 radical (unpaired) electrons. The molecule has 1 aliphatic rings. The highest BCUT2D eigenvalue weighted by Gasteiger charge is 2.55. The first-order chi connectivity index (χ1) is 14.0. The first-order valence-corrected chi connectivity index (χ1v) is 11.7. The standard InChI is InChI=1S/C21H29ClNO6P/c1-6-27-20(25)23-13-11-21(12-14-23,19(24)17-7-9-18(22)10-8-17)30(26,28-15(2)3)29-16(4)5/h7-16,19,24H,6H2,1-5H3. The van der Waals surface area contributed by atoms with Crippen LogP contribution in [0.1, 0.15) is 46.3 Å². The minimum absolute atomic E-state index is 0.209. The molecule has 1 aromatic rings. The molecule has 1 N–H and O–H groups in total. The predicted molar refractivity (Wildman–Crippen MR) is 116 cm³/mol. The highest BCUT2D eigenvalue weighted by Crippen LogP contribution is 2.67. The summed E-state index contributed by atoms with van der Waals surface area (Å²) in [5.74, 6) is 0. The van der Waals surface area contributed by atoms with Gasteiger partial charge >= 0.3 is 13.7 Å². The number of rotatable bonds is 8. The molecule has 1 atom stereocenters. The van der Waals surface area contributed by atoms with Crippen LogP contribution in [0.3, 0.4) is 0 Å². The Hall–Kier alpha value is -1.63. The van der Waals surface area contributed by atoms with Gasteiger partial charge in [0.2, 0.25) is 0 Å². The number of halogens is 1. The Morgan fingerprint density at radius 2 is 1.60 bits per heavy atom. The molecule has 1 heterocycles. The minimum atomic E-state index is -3.98. The van der Waals surface area contributed by atoms with Crippen molar-refractivity contribution >= 4 is 25.3 Å². The summed E-state index contributed by atoms with van der Waals surface area (Å²) >= 11 is 5.98. The summed E-state index contributed by atoms with van der Waals surface area (Å²) in [5, 5.41) is 10.3. The second-order valence-corrected chi connectivity index (χ2v) is 10.0. The Kier molecular flexibility index (Phi) is 8.31. The van der Waals surface area contributed by atoms with Crippen LogP contribution in [0.25, 0.3) is 0 Å². The average Bonchev–Trinajstić information content (AvgIpc) is 2.67. The fourth-order valence-electron chi connectivity index (χ4n) is 3.01. The summed E-state index contributed by atoms with van der Waals surface area (Å²) in [6.07, 6.45) is 2.97. The lowest BCUT2D eigenvalue weighted by atomic mass is 9.93. The van der Waals surface area contributed by atoms with Gasteiger partial charge < -0.3 is 18.9 Å². The molecule has 1 amide bonds. The number of carbonyl (C=O) groups is 1. The third-order valence-corrected chi connectivity index (χ3v) is 7.42. The molecule has 1 aromatic carbocycles. The van der Waals surface area contributed by atoms with E-state index in [4.69, 9.17) is 25.4 Å². The smallest absolute Gasteiger partial charge is 0.417 e. The van der Waals surface area contributed by atoms with Crippen molar-refractivity contribution in [2.45, 2.75) is 58.1 Å². The molecule has 1 unspecified atom stereocenters. The first-order valence-electron chi connectivity index (χ1n) is 9.79. The lowest BCUT2D eigenvalue weighted by Gasteiger charge is -2.41. The molecular weight excluding hydrogens is 429 g/mol. The topological polar surface area (TPSA) is 85.3 Å². The van der Waals surface area contributed by atoms with Gasteiger partial charge in [0, 0.05) is 17.4 Å². The van der Waals surface area contributed by atoms with Crippen molar-refractivity contribution in [2.75, 3.05) is 6.61 Å². The van der Waals surface area contributed by atoms with E-state index in [9.17, 15) is 14.5 Å². The molecule has 166 valence electrons. The van der Waals surface area contributed by atoms with Crippen LogP contribution < -0.4 is 0 Å². The Bertz CT molecular complexity index is 808. The SMILES string of the molecule is CCOC(=O)N1C=CC(C(O)c2ccc(Cl)cc2)(P(=O)(OC(C)C)OC(C)C)C=C1. The molecule has 0 spiro atoms. The van der Waals surface area contributed by atoms with E-state index in [2.05, 4.69) is 0 Å². The molecule has 30 heavy (non-hydrogen) atoms. The molecule has 0 aromatic heterocycles. The summed E-state index contributed by atoms with van der Waals surface area (Å²) in [6, 6.07) is 6.55. The van der Waals surface area contributed by atoms with Crippen molar-refractivity contribution in [1.29, 1.82) is 0 Å². The predicted octanol–water partition coefficient (Wildman–Crippen LogP) is 5.65. The van der Waals surface area contributed by atoms with Gasteiger partial charge in [-0.15, -0.1) is 0 Å². The zero-order valence-corrected chi connectivity index (χ0v) is 19.5. The molecule has 2 rings (SSSR count). The van der Waals surface area contributed by atoms with Crippen molar-refractivity contribution in [3.63, 3.8) is 0 Å². The zero-order chi connectivity index (χ0) is 22.5. The van der Waals surface area contributed by atoms with Crippen molar-refractivity contribution in [1.82, 2.24) is 4.90 Å². The van der Waals surface area contributed by atoms with Crippen LogP contribution in [0.4, 0.5) is 4.79 Å². The van der Waals surface area contributed by atoms with E-state index in [1.807, 2.05) is 0 Å². The van der Waals surface area contributed by atoms with Gasteiger partial charge in [0.05, 0.1) is 18.8 Å². The number of benzene rings is 1. The zero-order valence-electron chi connectivity index (χ0n) is 17.8. The summed E-state index contributed by atoms with van der Waals surface area (Å²) < 4.78 is 30.7. The maximum absolute atomic E-state index is 14.1. The summed E-state index contributed by atoms with van der Waals surface area (Å²) in [7, 11) is -3.98. The molecule has 9 heteroatoms. The maximum atomic E-state index is 14.1. The number of aliphatic hydroxyl groups is 1. The van der Waals surface area contributed by atoms with E-state index in [0.29, 0.717) is 10.6 Å². The van der Waals surface area contributed by atoms with Gasteiger partial charge in [-0.05, 0) is 64.5 Å². The number of hydrogen-bond donors (Lipinski definition) is 1. The summed E-state index contributed by atoms with van der Waals surface area (Å²) in [4.78, 5) is 13.3. The molecule has 1 aliphatic heterocycles. The van der Waals surface area contributed by atoms with Crippen LogP contribution in [0.5, 0.6) is 0 Å². The van der Waals surface area contributed by atoms with E-state index in [1.165, 1.54) is 29.5 Å². The quantitative estimate of drug-likeness (QED) is 0.507. The second kappa shape index (κ2) is 10.1. The van der Waals surface area contributed by atoms with Crippen molar-refractivity contribution in [3.05, 3.63) is 59.4 Å². The van der Waals surface area contributed by atoms with Gasteiger partial charge in [-0.3, -0.25) is 9.46 Å². The lowest BCUT2D eigenvalue weighted by Crippen LogP contribution is -2.39. The van der Waals surface area contributed by atoms with Gasteiger partial charge in [-0.2, -0.15) is 0 Å². The molecule has 0 saturated carbocycles. The normalized spacial score (nSPS) is 16.9. The summed E-state index contributed by atoms with van der Waals surface area (Å²) in [6.45, 7) is 8.85. The van der Waals surface area contributed by atoms with Crippen molar-refractivity contribution < 1.29 is 28.3 Å². The van der Waals surface area contributed by atoms with Gasteiger partial charge in [-0.1, -0.05) is 23.7 Å². The summed E-state index contributed by atoms with van der Waals surface area (Å²) in [5.41, 5.74) is 0.471. The van der Waals surface area contributed by atoms with Crippen molar-refractivity contribution in [3.8, 4) is 0 Å². The number of aliphatic hydroxyl groups excluding tert-OH is 1. The van der Waals surface area contributed by atoms with E-state index in [1.54, 1.807) is 58.9 Å². The Morgan fingerprint density at radius 3 is 2.03 bits per heavy atom. The second-order valence-electron chi connectivity index (χ2n) is 7.38. The molecule has 7 nitrogen and oxygen atoms in total. The van der Waals surface area contributed by atoms with Gasteiger partial charge in [-0.25, -0.2) is 4.79 Å². The average molecular weight is 458 g/mol. The minimum Gasteiger partial charge on any atom is -0.449 e. The number of hydrogen-bond acceptors (Lipinski definition) is 6. The van der Waals surface area contributed by atoms with Crippen LogP contribution in [-0.4, -0.2) is 40.1 Å². The van der Waals surface area contributed by atoms with E-state index >= 15 is 0 Å². The number of nitrogens with zero attached hydrogens (tertiary/aromatic N) is 1. The third kappa shape index (κ3) is 5.34. The Labute approximate surface area is 182 Å². The van der Waals surface area contributed by atoms with Crippen LogP contribution in [0.2, 0.25) is 5.02 Å². The number of ether oxygens (including phenoxy) is 1. The molecule has 0 saturated heterocycles. The monoisotopic (exact) mass is 457 g/mol. The first kappa shape index (κ1) is 24.6. The molecule has 0 aliphatic carbocycles. The van der Waals surface area contributed by atoms with Crippen LogP contribution in [-0.2, 0) is 18.3 Å². The molecule has 0 bridgehead atoms. The van der Waals surface area contributed by atoms with E-state index in [-0.39, 0.29) is 6.61 Å². The highest BCUT2D eigenvalue weighted by molar-refractivity contribution is 7.56. The van der Waals surface area contributed by atoms with Crippen molar-refractivity contribution in [2.24, 2.45) is 0 Å². The van der Waals surface area contributed by atoms with E-state index in [0.717, 1.165) is 0 Å². The van der Waals surface area contributed by atoms with E-state index < -0.39 is 37.2 Å². The Balaban J connectivity index is 2.59. The highest BCUT2D eigenvalue weighted by atomic mass is 35.5. The fraction of sp³-hybridized carbons (Fsp3) is 0.476. The van der Waals surface area contributed by atoms with Crippen LogP contribution >= 0.6 is 19.2 Å². The van der Waals surface area contributed by atoms with Crippen LogP contribution in [0, 0.1) is 0 Å². The maximum Gasteiger partial charge on any atom is 0.417 e. The Morgan fingerprint density at radius 1 is 1.10 bits per heavy atom. The van der Waals surface area contributed by atoms with Gasteiger partial charge in [0.1, 0.15) is 11.3 Å². The fourth-order valence-corrected chi connectivity index (χ4v) is 5.61.